The van der Waals surface area contributed by atoms with Gasteiger partial charge in [0, 0.05) is 18.9 Å². The highest BCUT2D eigenvalue weighted by Gasteiger charge is 2.24. The Bertz CT molecular complexity index is 273. The molecule has 0 aromatic rings. The van der Waals surface area contributed by atoms with Crippen LogP contribution in [0.5, 0.6) is 0 Å². The van der Waals surface area contributed by atoms with Gasteiger partial charge in [0.2, 0.25) is 5.78 Å². The van der Waals surface area contributed by atoms with Gasteiger partial charge in [-0.05, 0) is 5.57 Å². The number of rotatable bonds is 0. The van der Waals surface area contributed by atoms with Crippen LogP contribution in [0.25, 0.3) is 0 Å². The minimum absolute atomic E-state index is 0.175. The van der Waals surface area contributed by atoms with Crippen molar-refractivity contribution in [2.24, 2.45) is 0 Å². The van der Waals surface area contributed by atoms with Crippen molar-refractivity contribution < 1.29 is 14.6 Å². The molecule has 0 amide bonds. The van der Waals surface area contributed by atoms with Crippen molar-refractivity contribution in [2.45, 2.75) is 12.8 Å². The fourth-order valence-corrected chi connectivity index (χ4v) is 1.32. The van der Waals surface area contributed by atoms with Gasteiger partial charge in [0.15, 0.2) is 5.76 Å². The van der Waals surface area contributed by atoms with E-state index in [-0.39, 0.29) is 11.5 Å². The van der Waals surface area contributed by atoms with Gasteiger partial charge >= 0.3 is 0 Å². The van der Waals surface area contributed by atoms with Gasteiger partial charge in [-0.1, -0.05) is 0 Å². The number of ether oxygens (including phenoxy) is 1. The van der Waals surface area contributed by atoms with Gasteiger partial charge < -0.3 is 9.84 Å². The standard InChI is InChI=1S/C8H8O3/c9-6-3-5-1-2-11-8(5)4-7(6)10/h4,10H,1-3H2. The lowest BCUT2D eigenvalue weighted by Gasteiger charge is -2.07. The SMILES string of the molecule is O=C1CC2=C(C=C1O)OCC2. The quantitative estimate of drug-likeness (QED) is 0.564. The zero-order valence-corrected chi connectivity index (χ0v) is 5.96. The van der Waals surface area contributed by atoms with Crippen molar-refractivity contribution in [3.05, 3.63) is 23.2 Å². The van der Waals surface area contributed by atoms with E-state index in [0.29, 0.717) is 18.8 Å². The average molecular weight is 152 g/mol. The van der Waals surface area contributed by atoms with Gasteiger partial charge in [0.05, 0.1) is 6.61 Å². The van der Waals surface area contributed by atoms with Crippen LogP contribution >= 0.6 is 0 Å². The molecule has 11 heavy (non-hydrogen) atoms. The molecule has 1 N–H and O–H groups in total. The van der Waals surface area contributed by atoms with Gasteiger partial charge in [0.1, 0.15) is 5.76 Å². The normalized spacial score (nSPS) is 22.9. The zero-order chi connectivity index (χ0) is 7.84. The van der Waals surface area contributed by atoms with Gasteiger partial charge in [-0.3, -0.25) is 4.79 Å². The van der Waals surface area contributed by atoms with Crippen LogP contribution in [-0.4, -0.2) is 17.5 Å². The highest BCUT2D eigenvalue weighted by molar-refractivity contribution is 5.96. The van der Waals surface area contributed by atoms with Crippen LogP contribution in [0.3, 0.4) is 0 Å². The first-order chi connectivity index (χ1) is 5.27. The summed E-state index contributed by atoms with van der Waals surface area (Å²) in [5.41, 5.74) is 1.02. The number of hydrogen-bond acceptors (Lipinski definition) is 3. The number of aliphatic hydroxyl groups excluding tert-OH is 1. The van der Waals surface area contributed by atoms with E-state index < -0.39 is 0 Å². The first-order valence-electron chi connectivity index (χ1n) is 3.56. The van der Waals surface area contributed by atoms with Crippen LogP contribution in [0.2, 0.25) is 0 Å². The summed E-state index contributed by atoms with van der Waals surface area (Å²) in [7, 11) is 0. The van der Waals surface area contributed by atoms with E-state index in [1.165, 1.54) is 6.08 Å². The van der Waals surface area contributed by atoms with E-state index in [1.807, 2.05) is 0 Å². The second-order valence-corrected chi connectivity index (χ2v) is 2.70. The molecule has 0 aromatic carbocycles. The zero-order valence-electron chi connectivity index (χ0n) is 5.96. The number of carbonyl (C=O) groups excluding carboxylic acids is 1. The lowest BCUT2D eigenvalue weighted by atomic mass is 10.0. The molecule has 58 valence electrons. The number of aliphatic hydroxyl groups is 1. The Labute approximate surface area is 64.0 Å². The molecule has 0 radical (unpaired) electrons. The van der Waals surface area contributed by atoms with E-state index >= 15 is 0 Å². The smallest absolute Gasteiger partial charge is 0.201 e. The molecule has 0 saturated carbocycles. The van der Waals surface area contributed by atoms with Gasteiger partial charge in [0.25, 0.3) is 0 Å². The maximum atomic E-state index is 10.9. The van der Waals surface area contributed by atoms with Crippen molar-refractivity contribution in [2.75, 3.05) is 6.61 Å². The van der Waals surface area contributed by atoms with Crippen molar-refractivity contribution in [3.8, 4) is 0 Å². The van der Waals surface area contributed by atoms with Crippen molar-refractivity contribution in [3.63, 3.8) is 0 Å². The van der Waals surface area contributed by atoms with Crippen molar-refractivity contribution in [1.29, 1.82) is 0 Å². The molecule has 0 bridgehead atoms. The van der Waals surface area contributed by atoms with Crippen LogP contribution in [-0.2, 0) is 9.53 Å². The highest BCUT2D eigenvalue weighted by Crippen LogP contribution is 2.28. The third-order valence-corrected chi connectivity index (χ3v) is 1.94. The molecule has 0 saturated heterocycles. The summed E-state index contributed by atoms with van der Waals surface area (Å²) < 4.78 is 5.17. The van der Waals surface area contributed by atoms with Crippen LogP contribution in [0, 0.1) is 0 Å². The summed E-state index contributed by atoms with van der Waals surface area (Å²) in [5.74, 6) is 0.321. The third-order valence-electron chi connectivity index (χ3n) is 1.94. The van der Waals surface area contributed by atoms with Crippen LogP contribution < -0.4 is 0 Å². The summed E-state index contributed by atoms with van der Waals surface area (Å²) in [6.45, 7) is 0.641. The van der Waals surface area contributed by atoms with Crippen LogP contribution in [0.1, 0.15) is 12.8 Å². The Morgan fingerprint density at radius 1 is 1.55 bits per heavy atom. The number of allylic oxidation sites excluding steroid dienone is 2. The van der Waals surface area contributed by atoms with Crippen LogP contribution in [0.4, 0.5) is 0 Å². The molecule has 2 rings (SSSR count). The molecule has 0 unspecified atom stereocenters. The fraction of sp³-hybridized carbons (Fsp3) is 0.375. The molecule has 0 atom stereocenters. The number of hydrogen-bond donors (Lipinski definition) is 1. The maximum Gasteiger partial charge on any atom is 0.201 e. The molecular formula is C8H8O3. The van der Waals surface area contributed by atoms with Crippen LogP contribution in [0.15, 0.2) is 23.2 Å². The summed E-state index contributed by atoms with van der Waals surface area (Å²) in [6.07, 6.45) is 2.57. The van der Waals surface area contributed by atoms with E-state index in [0.717, 1.165) is 12.0 Å². The monoisotopic (exact) mass is 152 g/mol. The summed E-state index contributed by atoms with van der Waals surface area (Å²) in [6, 6.07) is 0. The van der Waals surface area contributed by atoms with E-state index in [4.69, 9.17) is 9.84 Å². The third kappa shape index (κ3) is 0.926. The first kappa shape index (κ1) is 6.46. The molecule has 2 aliphatic rings. The largest absolute Gasteiger partial charge is 0.504 e. The van der Waals surface area contributed by atoms with Crippen molar-refractivity contribution in [1.82, 2.24) is 0 Å². The molecule has 1 heterocycles. The topological polar surface area (TPSA) is 46.5 Å². The summed E-state index contributed by atoms with van der Waals surface area (Å²) >= 11 is 0. The molecule has 1 aliphatic heterocycles. The summed E-state index contributed by atoms with van der Waals surface area (Å²) in [4.78, 5) is 10.9. The molecule has 0 fully saturated rings. The predicted molar refractivity (Wildman–Crippen MR) is 37.9 cm³/mol. The average Bonchev–Trinajstić information content (AvgIpc) is 2.36. The van der Waals surface area contributed by atoms with E-state index in [1.54, 1.807) is 0 Å². The minimum atomic E-state index is -0.200. The molecule has 0 aromatic heterocycles. The second-order valence-electron chi connectivity index (χ2n) is 2.70. The van der Waals surface area contributed by atoms with Crippen molar-refractivity contribution >= 4 is 5.78 Å². The second kappa shape index (κ2) is 2.12. The fourth-order valence-electron chi connectivity index (χ4n) is 1.32. The predicted octanol–water partition coefficient (Wildman–Crippen LogP) is 1.08. The Morgan fingerprint density at radius 2 is 2.36 bits per heavy atom. The molecule has 3 nitrogen and oxygen atoms in total. The number of Topliss-reactive ketones (excluding diaryl/α,β-unsaturated/α-hetero) is 1. The maximum absolute atomic E-state index is 10.9. The van der Waals surface area contributed by atoms with Gasteiger partial charge in [-0.15, -0.1) is 0 Å². The summed E-state index contributed by atoms with van der Waals surface area (Å²) in [5, 5.41) is 9.02. The highest BCUT2D eigenvalue weighted by atomic mass is 16.5. The Morgan fingerprint density at radius 3 is 3.18 bits per heavy atom. The first-order valence-corrected chi connectivity index (χ1v) is 3.56. The number of carbonyl (C=O) groups is 1. The lowest BCUT2D eigenvalue weighted by molar-refractivity contribution is -0.117. The number of ketones is 1. The van der Waals surface area contributed by atoms with E-state index in [9.17, 15) is 4.79 Å². The minimum Gasteiger partial charge on any atom is -0.504 e. The molecular weight excluding hydrogens is 144 g/mol. The van der Waals surface area contributed by atoms with E-state index in [2.05, 4.69) is 0 Å². The molecule has 3 heteroatoms. The van der Waals surface area contributed by atoms with Gasteiger partial charge in [-0.25, -0.2) is 0 Å². The molecule has 1 aliphatic carbocycles. The Kier molecular flexibility index (Phi) is 1.24. The lowest BCUT2D eigenvalue weighted by Crippen LogP contribution is -2.08. The Hall–Kier alpha value is -1.25. The van der Waals surface area contributed by atoms with Gasteiger partial charge in [-0.2, -0.15) is 0 Å². The molecule has 0 spiro atoms. The Balaban J connectivity index is 2.36.